The lowest BCUT2D eigenvalue weighted by Crippen LogP contribution is -2.27. The second-order valence-corrected chi connectivity index (χ2v) is 8.46. The number of para-hydroxylation sites is 1. The summed E-state index contributed by atoms with van der Waals surface area (Å²) in [5.41, 5.74) is 3.50. The quantitative estimate of drug-likeness (QED) is 0.202. The van der Waals surface area contributed by atoms with Crippen molar-refractivity contribution in [2.24, 2.45) is 0 Å². The third-order valence-electron chi connectivity index (χ3n) is 5.91. The molecule has 0 aliphatic heterocycles. The van der Waals surface area contributed by atoms with Crippen LogP contribution >= 0.6 is 0 Å². The smallest absolute Gasteiger partial charge is 0.303 e. The number of ether oxygens (including phenoxy) is 1. The standard InChI is InChI=1S/C29H27NO5/c31-26(12-6-7-13-28(33)34)29(25-18-22-10-4-5-11-24(22)30-25)27(32)19-35-23-16-14-21(15-17-23)20-8-2-1-3-9-20/h1-5,8-11,14-18,29-30H,6-7,12-13,19H2,(H,33,34). The Morgan fingerprint density at radius 2 is 1.43 bits per heavy atom. The zero-order valence-electron chi connectivity index (χ0n) is 19.3. The third-order valence-corrected chi connectivity index (χ3v) is 5.91. The van der Waals surface area contributed by atoms with Gasteiger partial charge in [0.1, 0.15) is 24.1 Å². The van der Waals surface area contributed by atoms with Gasteiger partial charge in [0.2, 0.25) is 0 Å². The summed E-state index contributed by atoms with van der Waals surface area (Å²) in [6.07, 6.45) is 0.932. The number of H-pyrrole nitrogens is 1. The maximum Gasteiger partial charge on any atom is 0.303 e. The Morgan fingerprint density at radius 1 is 0.771 bits per heavy atom. The molecule has 0 fully saturated rings. The number of rotatable bonds is 12. The first kappa shape index (κ1) is 24.0. The lowest BCUT2D eigenvalue weighted by molar-refractivity contribution is -0.137. The molecule has 1 heterocycles. The van der Waals surface area contributed by atoms with Crippen molar-refractivity contribution in [2.75, 3.05) is 6.61 Å². The highest BCUT2D eigenvalue weighted by atomic mass is 16.5. The highest BCUT2D eigenvalue weighted by Gasteiger charge is 2.29. The summed E-state index contributed by atoms with van der Waals surface area (Å²) in [6, 6.07) is 26.8. The van der Waals surface area contributed by atoms with Crippen LogP contribution in [-0.4, -0.2) is 34.2 Å². The Bertz CT molecular complexity index is 1270. The van der Waals surface area contributed by atoms with Crippen molar-refractivity contribution < 1.29 is 24.2 Å². The fourth-order valence-corrected chi connectivity index (χ4v) is 4.11. The van der Waals surface area contributed by atoms with Crippen LogP contribution in [0.3, 0.4) is 0 Å². The van der Waals surface area contributed by atoms with Gasteiger partial charge in [-0.2, -0.15) is 0 Å². The van der Waals surface area contributed by atoms with Crippen LogP contribution in [0.4, 0.5) is 0 Å². The first-order chi connectivity index (χ1) is 17.0. The largest absolute Gasteiger partial charge is 0.486 e. The molecular weight excluding hydrogens is 442 g/mol. The van der Waals surface area contributed by atoms with Crippen LogP contribution in [-0.2, 0) is 14.4 Å². The van der Waals surface area contributed by atoms with E-state index in [0.29, 0.717) is 24.3 Å². The Morgan fingerprint density at radius 3 is 2.14 bits per heavy atom. The first-order valence-corrected chi connectivity index (χ1v) is 11.6. The lowest BCUT2D eigenvalue weighted by Gasteiger charge is -2.15. The third kappa shape index (κ3) is 6.23. The number of ketones is 2. The predicted octanol–water partition coefficient (Wildman–Crippen LogP) is 5.78. The van der Waals surface area contributed by atoms with Crippen molar-refractivity contribution in [3.63, 3.8) is 0 Å². The van der Waals surface area contributed by atoms with Crippen molar-refractivity contribution in [1.29, 1.82) is 0 Å². The molecule has 0 radical (unpaired) electrons. The van der Waals surface area contributed by atoms with Gasteiger partial charge >= 0.3 is 5.97 Å². The normalized spacial score (nSPS) is 11.8. The van der Waals surface area contributed by atoms with Crippen molar-refractivity contribution in [3.05, 3.63) is 90.6 Å². The Hall–Kier alpha value is -4.19. The zero-order valence-corrected chi connectivity index (χ0v) is 19.3. The van der Waals surface area contributed by atoms with E-state index in [1.807, 2.05) is 72.8 Å². The minimum absolute atomic E-state index is 0.000366. The predicted molar refractivity (Wildman–Crippen MR) is 135 cm³/mol. The molecule has 0 amide bonds. The second-order valence-electron chi connectivity index (χ2n) is 8.46. The molecule has 35 heavy (non-hydrogen) atoms. The van der Waals surface area contributed by atoms with Crippen LogP contribution in [0.5, 0.6) is 5.75 Å². The van der Waals surface area contributed by atoms with Crippen molar-refractivity contribution >= 4 is 28.4 Å². The highest BCUT2D eigenvalue weighted by Crippen LogP contribution is 2.26. The molecule has 6 nitrogen and oxygen atoms in total. The molecule has 0 aliphatic rings. The van der Waals surface area contributed by atoms with Gasteiger partial charge in [-0.25, -0.2) is 0 Å². The van der Waals surface area contributed by atoms with Crippen molar-refractivity contribution in [3.8, 4) is 16.9 Å². The van der Waals surface area contributed by atoms with Gasteiger partial charge in [-0.1, -0.05) is 60.7 Å². The minimum Gasteiger partial charge on any atom is -0.486 e. The Labute approximate surface area is 203 Å². The monoisotopic (exact) mass is 469 g/mol. The molecule has 0 aliphatic carbocycles. The molecule has 1 unspecified atom stereocenters. The lowest BCUT2D eigenvalue weighted by atomic mass is 9.92. The van der Waals surface area contributed by atoms with Gasteiger partial charge in [-0.05, 0) is 53.6 Å². The van der Waals surface area contributed by atoms with E-state index in [-0.39, 0.29) is 31.0 Å². The summed E-state index contributed by atoms with van der Waals surface area (Å²) >= 11 is 0. The van der Waals surface area contributed by atoms with Gasteiger partial charge in [-0.3, -0.25) is 14.4 Å². The number of carboxylic acids is 1. The van der Waals surface area contributed by atoms with Gasteiger partial charge in [-0.15, -0.1) is 0 Å². The van der Waals surface area contributed by atoms with E-state index >= 15 is 0 Å². The molecule has 6 heteroatoms. The number of aromatic amines is 1. The molecular formula is C29H27NO5. The number of hydrogen-bond donors (Lipinski definition) is 2. The number of Topliss-reactive ketones (excluding diaryl/α,β-unsaturated/α-hetero) is 2. The fraction of sp³-hybridized carbons (Fsp3) is 0.207. The maximum atomic E-state index is 13.2. The Kier molecular flexibility index (Phi) is 7.73. The molecule has 0 bridgehead atoms. The van der Waals surface area contributed by atoms with E-state index in [9.17, 15) is 14.4 Å². The molecule has 1 atom stereocenters. The number of benzene rings is 3. The number of fused-ring (bicyclic) bond motifs is 1. The summed E-state index contributed by atoms with van der Waals surface area (Å²) in [6.45, 7) is -0.244. The van der Waals surface area contributed by atoms with Gasteiger partial charge < -0.3 is 14.8 Å². The van der Waals surface area contributed by atoms with Gasteiger partial charge in [0.15, 0.2) is 5.78 Å². The number of hydrogen-bond acceptors (Lipinski definition) is 4. The van der Waals surface area contributed by atoms with Crippen LogP contribution in [0.15, 0.2) is 84.9 Å². The summed E-state index contributed by atoms with van der Waals surface area (Å²) in [7, 11) is 0. The van der Waals surface area contributed by atoms with Crippen LogP contribution in [0.2, 0.25) is 0 Å². The van der Waals surface area contributed by atoms with Crippen molar-refractivity contribution in [1.82, 2.24) is 4.98 Å². The number of nitrogens with one attached hydrogen (secondary N) is 1. The minimum atomic E-state index is -0.990. The number of carbonyl (C=O) groups excluding carboxylic acids is 2. The SMILES string of the molecule is O=C(O)CCCCC(=O)C(C(=O)COc1ccc(-c2ccccc2)cc1)c1cc2ccccc2[nH]1. The summed E-state index contributed by atoms with van der Waals surface area (Å²) in [5, 5.41) is 9.75. The van der Waals surface area contributed by atoms with E-state index in [2.05, 4.69) is 4.98 Å². The van der Waals surface area contributed by atoms with Gasteiger partial charge in [0, 0.05) is 24.1 Å². The molecule has 0 saturated heterocycles. The molecule has 4 rings (SSSR count). The molecule has 0 saturated carbocycles. The van der Waals surface area contributed by atoms with Crippen LogP contribution in [0, 0.1) is 0 Å². The highest BCUT2D eigenvalue weighted by molar-refractivity contribution is 6.08. The van der Waals surface area contributed by atoms with Crippen LogP contribution < -0.4 is 4.74 Å². The number of carboxylic acid groups (broad SMARTS) is 1. The molecule has 2 N–H and O–H groups in total. The van der Waals surface area contributed by atoms with Crippen molar-refractivity contribution in [2.45, 2.75) is 31.6 Å². The Balaban J connectivity index is 1.46. The molecule has 0 spiro atoms. The number of aromatic nitrogens is 1. The molecule has 3 aromatic carbocycles. The summed E-state index contributed by atoms with van der Waals surface area (Å²) in [4.78, 5) is 40.2. The van der Waals surface area contributed by atoms with E-state index in [0.717, 1.165) is 22.0 Å². The number of aliphatic carboxylic acids is 1. The summed E-state index contributed by atoms with van der Waals surface area (Å²) in [5.74, 6) is -1.92. The van der Waals surface area contributed by atoms with Crippen LogP contribution in [0.25, 0.3) is 22.0 Å². The van der Waals surface area contributed by atoms with E-state index in [4.69, 9.17) is 9.84 Å². The summed E-state index contributed by atoms with van der Waals surface area (Å²) < 4.78 is 5.75. The molecule has 4 aromatic rings. The first-order valence-electron chi connectivity index (χ1n) is 11.6. The maximum absolute atomic E-state index is 13.2. The van der Waals surface area contributed by atoms with Gasteiger partial charge in [0.25, 0.3) is 0 Å². The zero-order chi connectivity index (χ0) is 24.6. The topological polar surface area (TPSA) is 96.5 Å². The average molecular weight is 470 g/mol. The number of unbranched alkanes of at least 4 members (excludes halogenated alkanes) is 1. The van der Waals surface area contributed by atoms with Crippen LogP contribution in [0.1, 0.15) is 37.3 Å². The second kappa shape index (κ2) is 11.3. The fourth-order valence-electron chi connectivity index (χ4n) is 4.11. The van der Waals surface area contributed by atoms with E-state index in [1.165, 1.54) is 0 Å². The average Bonchev–Trinajstić information content (AvgIpc) is 3.30. The molecule has 1 aromatic heterocycles. The molecule has 178 valence electrons. The van der Waals surface area contributed by atoms with E-state index in [1.54, 1.807) is 12.1 Å². The number of carbonyl (C=O) groups is 3. The van der Waals surface area contributed by atoms with Gasteiger partial charge in [0.05, 0.1) is 0 Å². The van der Waals surface area contributed by atoms with E-state index < -0.39 is 11.9 Å².